The molecule has 0 aliphatic rings. The lowest BCUT2D eigenvalue weighted by molar-refractivity contribution is -0.140. The summed E-state index contributed by atoms with van der Waals surface area (Å²) in [5, 5.41) is 2.99. The van der Waals surface area contributed by atoms with Gasteiger partial charge in [0.25, 0.3) is 10.0 Å². The summed E-state index contributed by atoms with van der Waals surface area (Å²) in [7, 11) is -4.09. The van der Waals surface area contributed by atoms with Crippen molar-refractivity contribution in [2.45, 2.75) is 69.0 Å². The van der Waals surface area contributed by atoms with E-state index in [9.17, 15) is 18.0 Å². The Labute approximate surface area is 243 Å². The van der Waals surface area contributed by atoms with Crippen molar-refractivity contribution in [2.24, 2.45) is 0 Å². The van der Waals surface area contributed by atoms with Crippen molar-refractivity contribution in [1.29, 1.82) is 0 Å². The average molecular weight is 582 g/mol. The van der Waals surface area contributed by atoms with Crippen LogP contribution in [-0.2, 0) is 26.2 Å². The Morgan fingerprint density at radius 1 is 0.900 bits per heavy atom. The quantitative estimate of drug-likeness (QED) is 0.264. The van der Waals surface area contributed by atoms with Gasteiger partial charge in [-0.1, -0.05) is 61.9 Å². The van der Waals surface area contributed by atoms with Crippen LogP contribution in [0.1, 0.15) is 44.7 Å². The van der Waals surface area contributed by atoms with Gasteiger partial charge in [-0.15, -0.1) is 11.8 Å². The zero-order valence-corrected chi connectivity index (χ0v) is 25.5. The minimum absolute atomic E-state index is 0.0519. The molecule has 0 saturated carbocycles. The van der Waals surface area contributed by atoms with E-state index in [0.29, 0.717) is 12.1 Å². The van der Waals surface area contributed by atoms with E-state index in [1.807, 2.05) is 76.4 Å². The van der Waals surface area contributed by atoms with E-state index in [1.165, 1.54) is 16.7 Å². The number of aryl methyl sites for hydroxylation is 1. The first kappa shape index (κ1) is 31.2. The molecule has 0 aromatic heterocycles. The van der Waals surface area contributed by atoms with Crippen molar-refractivity contribution < 1.29 is 18.0 Å². The van der Waals surface area contributed by atoms with Crippen LogP contribution in [0.25, 0.3) is 0 Å². The van der Waals surface area contributed by atoms with Crippen LogP contribution in [0.5, 0.6) is 0 Å². The maximum atomic E-state index is 14.1. The molecular weight excluding hydrogens is 542 g/mol. The molecule has 1 N–H and O–H groups in total. The van der Waals surface area contributed by atoms with E-state index in [2.05, 4.69) is 5.32 Å². The Hall–Kier alpha value is -3.30. The second kappa shape index (κ2) is 14.4. The number of carbonyl (C=O) groups excluding carboxylic acids is 2. The van der Waals surface area contributed by atoms with Crippen molar-refractivity contribution in [2.75, 3.05) is 17.1 Å². The molecule has 9 heteroatoms. The van der Waals surface area contributed by atoms with Gasteiger partial charge in [0.05, 0.1) is 10.6 Å². The largest absolute Gasteiger partial charge is 0.352 e. The van der Waals surface area contributed by atoms with Crippen LogP contribution in [0.2, 0.25) is 0 Å². The molecule has 214 valence electrons. The lowest BCUT2D eigenvalue weighted by Crippen LogP contribution is -2.53. The Kier molecular flexibility index (Phi) is 11.2. The van der Waals surface area contributed by atoms with Crippen LogP contribution in [0.15, 0.2) is 88.7 Å². The zero-order chi connectivity index (χ0) is 29.3. The number of anilines is 1. The zero-order valence-electron chi connectivity index (χ0n) is 23.8. The molecule has 0 unspecified atom stereocenters. The molecule has 2 amide bonds. The van der Waals surface area contributed by atoms with Crippen LogP contribution < -0.4 is 9.62 Å². The van der Waals surface area contributed by atoms with Crippen LogP contribution in [0, 0.1) is 6.92 Å². The highest BCUT2D eigenvalue weighted by molar-refractivity contribution is 7.98. The summed E-state index contributed by atoms with van der Waals surface area (Å²) in [6, 6.07) is 22.3. The fraction of sp³-hybridized carbons (Fsp3) is 0.355. The monoisotopic (exact) mass is 581 g/mol. The first-order chi connectivity index (χ1) is 19.1. The number of amides is 2. The summed E-state index contributed by atoms with van der Waals surface area (Å²) in [6.45, 7) is 7.40. The van der Waals surface area contributed by atoms with Gasteiger partial charge in [-0.25, -0.2) is 8.42 Å². The van der Waals surface area contributed by atoms with E-state index in [1.54, 1.807) is 36.4 Å². The number of sulfonamides is 1. The lowest BCUT2D eigenvalue weighted by Gasteiger charge is -2.33. The third-order valence-electron chi connectivity index (χ3n) is 6.83. The van der Waals surface area contributed by atoms with Crippen LogP contribution >= 0.6 is 11.8 Å². The van der Waals surface area contributed by atoms with Crippen LogP contribution in [-0.4, -0.2) is 50.0 Å². The molecule has 0 aliphatic carbocycles. The number of rotatable bonds is 13. The third-order valence-corrected chi connectivity index (χ3v) is 9.36. The van der Waals surface area contributed by atoms with E-state index in [-0.39, 0.29) is 23.4 Å². The van der Waals surface area contributed by atoms with Gasteiger partial charge in [0.15, 0.2) is 0 Å². The Morgan fingerprint density at radius 3 is 2.08 bits per heavy atom. The van der Waals surface area contributed by atoms with Gasteiger partial charge in [0.1, 0.15) is 12.6 Å². The topological polar surface area (TPSA) is 86.8 Å². The summed E-state index contributed by atoms with van der Waals surface area (Å²) in [5.41, 5.74) is 2.20. The molecule has 0 fully saturated rings. The summed E-state index contributed by atoms with van der Waals surface area (Å²) >= 11 is 1.52. The number of nitrogens with one attached hydrogen (secondary N) is 1. The highest BCUT2D eigenvalue weighted by Crippen LogP contribution is 2.27. The molecular formula is C31H39N3O4S2. The fourth-order valence-electron chi connectivity index (χ4n) is 4.26. The minimum Gasteiger partial charge on any atom is -0.352 e. The Bertz CT molecular complexity index is 1360. The average Bonchev–Trinajstić information content (AvgIpc) is 2.96. The molecule has 0 radical (unpaired) electrons. The maximum absolute atomic E-state index is 14.1. The van der Waals surface area contributed by atoms with Gasteiger partial charge in [-0.05, 0) is 74.9 Å². The SMILES string of the molecule is CC[C@@H](C)NC(=O)[C@@H](CC)N(Cc1ccccc1)C(=O)CN(c1ccc(C)cc1)S(=O)(=O)c1ccc(SC)cc1. The lowest BCUT2D eigenvalue weighted by atomic mass is 10.1. The molecule has 2 atom stereocenters. The van der Waals surface area contributed by atoms with Gasteiger partial charge in [-0.2, -0.15) is 0 Å². The number of hydrogen-bond acceptors (Lipinski definition) is 5. The highest BCUT2D eigenvalue weighted by atomic mass is 32.2. The predicted molar refractivity (Wildman–Crippen MR) is 163 cm³/mol. The highest BCUT2D eigenvalue weighted by Gasteiger charge is 2.34. The molecule has 0 aliphatic heterocycles. The number of carbonyl (C=O) groups is 2. The first-order valence-electron chi connectivity index (χ1n) is 13.5. The molecule has 7 nitrogen and oxygen atoms in total. The summed E-state index contributed by atoms with van der Waals surface area (Å²) in [4.78, 5) is 29.9. The molecule has 3 aromatic rings. The van der Waals surface area contributed by atoms with Crippen molar-refractivity contribution in [1.82, 2.24) is 10.2 Å². The maximum Gasteiger partial charge on any atom is 0.264 e. The second-order valence-corrected chi connectivity index (χ2v) is 12.5. The van der Waals surface area contributed by atoms with E-state index in [4.69, 9.17) is 0 Å². The normalized spacial score (nSPS) is 12.8. The standard InChI is InChI=1S/C31H39N3O4S2/c1-6-24(4)32-31(36)29(7-2)33(21-25-11-9-8-10-12-25)30(35)22-34(26-15-13-23(3)14-16-26)40(37,38)28-19-17-27(39-5)18-20-28/h8-20,24,29H,6-7,21-22H2,1-5H3,(H,32,36)/t24-,29-/m1/s1. The van der Waals surface area contributed by atoms with Crippen molar-refractivity contribution in [3.8, 4) is 0 Å². The molecule has 3 aromatic carbocycles. The number of thioether (sulfide) groups is 1. The molecule has 0 bridgehead atoms. The van der Waals surface area contributed by atoms with Crippen molar-refractivity contribution >= 4 is 39.3 Å². The van der Waals surface area contributed by atoms with Crippen molar-refractivity contribution in [3.63, 3.8) is 0 Å². The van der Waals surface area contributed by atoms with Gasteiger partial charge in [0.2, 0.25) is 11.8 Å². The van der Waals surface area contributed by atoms with E-state index in [0.717, 1.165) is 26.7 Å². The molecule has 3 rings (SSSR count). The van der Waals surface area contributed by atoms with Gasteiger partial charge < -0.3 is 10.2 Å². The Morgan fingerprint density at radius 2 is 1.52 bits per heavy atom. The smallest absolute Gasteiger partial charge is 0.264 e. The van der Waals surface area contributed by atoms with Gasteiger partial charge >= 0.3 is 0 Å². The molecule has 0 saturated heterocycles. The summed E-state index contributed by atoms with van der Waals surface area (Å²) < 4.78 is 29.1. The molecule has 0 heterocycles. The van der Waals surface area contributed by atoms with Gasteiger partial charge in [-0.3, -0.25) is 13.9 Å². The minimum atomic E-state index is -4.09. The predicted octanol–water partition coefficient (Wildman–Crippen LogP) is 5.63. The van der Waals surface area contributed by atoms with Crippen LogP contribution in [0.3, 0.4) is 0 Å². The van der Waals surface area contributed by atoms with E-state index < -0.39 is 28.5 Å². The summed E-state index contributed by atoms with van der Waals surface area (Å²) in [6.07, 6.45) is 3.06. The fourth-order valence-corrected chi connectivity index (χ4v) is 6.08. The van der Waals surface area contributed by atoms with Crippen LogP contribution in [0.4, 0.5) is 5.69 Å². The third kappa shape index (κ3) is 7.88. The number of nitrogens with zero attached hydrogens (tertiary/aromatic N) is 2. The number of hydrogen-bond donors (Lipinski definition) is 1. The molecule has 40 heavy (non-hydrogen) atoms. The summed E-state index contributed by atoms with van der Waals surface area (Å²) in [5.74, 6) is -0.710. The number of benzene rings is 3. The Balaban J connectivity index is 2.04. The molecule has 0 spiro atoms. The van der Waals surface area contributed by atoms with E-state index >= 15 is 0 Å². The van der Waals surface area contributed by atoms with Crippen molar-refractivity contribution in [3.05, 3.63) is 90.0 Å². The van der Waals surface area contributed by atoms with Gasteiger partial charge in [0, 0.05) is 17.5 Å². The second-order valence-electron chi connectivity index (χ2n) is 9.77. The first-order valence-corrected chi connectivity index (χ1v) is 16.1.